The zero-order valence-corrected chi connectivity index (χ0v) is 15.4. The average molecular weight is 408 g/mol. The van der Waals surface area contributed by atoms with E-state index in [4.69, 9.17) is 21.1 Å². The largest absolute Gasteiger partial charge is 0.417 e. The quantitative estimate of drug-likeness (QED) is 0.831. The number of rotatable bonds is 4. The molecule has 0 radical (unpaired) electrons. The van der Waals surface area contributed by atoms with Gasteiger partial charge in [0, 0.05) is 31.7 Å². The second-order valence-corrected chi connectivity index (χ2v) is 7.01. The highest BCUT2D eigenvalue weighted by atomic mass is 35.5. The highest BCUT2D eigenvalue weighted by Crippen LogP contribution is 2.34. The first-order valence-electron chi connectivity index (χ1n) is 8.79. The molecule has 0 saturated carbocycles. The van der Waals surface area contributed by atoms with Crippen LogP contribution in [0.25, 0.3) is 0 Å². The van der Waals surface area contributed by atoms with Gasteiger partial charge in [0.05, 0.1) is 36.5 Å². The number of anilines is 1. The Labute approximate surface area is 160 Å². The first kappa shape index (κ1) is 20.2. The van der Waals surface area contributed by atoms with Crippen molar-refractivity contribution in [2.24, 2.45) is 5.92 Å². The molecule has 10 heteroatoms. The molecule has 0 aromatic carbocycles. The number of aromatic nitrogens is 1. The van der Waals surface area contributed by atoms with Crippen LogP contribution in [0.1, 0.15) is 18.4 Å². The predicted molar refractivity (Wildman–Crippen MR) is 92.8 cm³/mol. The molecule has 27 heavy (non-hydrogen) atoms. The molecule has 1 N–H and O–H groups in total. The SMILES string of the molecule is O=C(NC[C@@H]1COCCO1)C1CCN(c2ncc(C(F)(F)F)cc2Cl)CC1. The van der Waals surface area contributed by atoms with Gasteiger partial charge in [0.25, 0.3) is 0 Å². The number of hydrogen-bond acceptors (Lipinski definition) is 5. The van der Waals surface area contributed by atoms with Gasteiger partial charge in [-0.05, 0) is 18.9 Å². The molecule has 0 unspecified atom stereocenters. The summed E-state index contributed by atoms with van der Waals surface area (Å²) in [5, 5.41) is 2.84. The molecule has 6 nitrogen and oxygen atoms in total. The van der Waals surface area contributed by atoms with Crippen LogP contribution in [0, 0.1) is 5.92 Å². The highest BCUT2D eigenvalue weighted by Gasteiger charge is 2.33. The fraction of sp³-hybridized carbons (Fsp3) is 0.647. The van der Waals surface area contributed by atoms with Crippen LogP contribution in [0.3, 0.4) is 0 Å². The first-order valence-corrected chi connectivity index (χ1v) is 9.17. The molecule has 3 rings (SSSR count). The number of hydrogen-bond donors (Lipinski definition) is 1. The van der Waals surface area contributed by atoms with Crippen molar-refractivity contribution in [3.63, 3.8) is 0 Å². The zero-order chi connectivity index (χ0) is 19.4. The third-order valence-electron chi connectivity index (χ3n) is 4.70. The minimum Gasteiger partial charge on any atom is -0.376 e. The first-order chi connectivity index (χ1) is 12.8. The van der Waals surface area contributed by atoms with Crippen LogP contribution in [-0.2, 0) is 20.4 Å². The van der Waals surface area contributed by atoms with Gasteiger partial charge in [0.2, 0.25) is 5.91 Å². The van der Waals surface area contributed by atoms with E-state index in [0.717, 1.165) is 12.3 Å². The molecule has 2 aliphatic heterocycles. The van der Waals surface area contributed by atoms with Gasteiger partial charge in [0.15, 0.2) is 0 Å². The van der Waals surface area contributed by atoms with Crippen LogP contribution >= 0.6 is 11.6 Å². The molecule has 2 saturated heterocycles. The molecule has 3 heterocycles. The fourth-order valence-corrected chi connectivity index (χ4v) is 3.47. The lowest BCUT2D eigenvalue weighted by Crippen LogP contribution is -2.45. The van der Waals surface area contributed by atoms with Crippen molar-refractivity contribution in [3.8, 4) is 0 Å². The maximum atomic E-state index is 12.7. The summed E-state index contributed by atoms with van der Waals surface area (Å²) < 4.78 is 48.9. The van der Waals surface area contributed by atoms with Gasteiger partial charge >= 0.3 is 6.18 Å². The van der Waals surface area contributed by atoms with E-state index in [9.17, 15) is 18.0 Å². The Kier molecular flexibility index (Phi) is 6.44. The number of pyridine rings is 1. The van der Waals surface area contributed by atoms with Crippen LogP contribution in [0.5, 0.6) is 0 Å². The topological polar surface area (TPSA) is 63.7 Å². The van der Waals surface area contributed by atoms with Crippen molar-refractivity contribution in [2.45, 2.75) is 25.1 Å². The molecule has 1 atom stereocenters. The number of nitrogens with one attached hydrogen (secondary N) is 1. The van der Waals surface area contributed by atoms with Gasteiger partial charge in [-0.25, -0.2) is 4.98 Å². The highest BCUT2D eigenvalue weighted by molar-refractivity contribution is 6.33. The monoisotopic (exact) mass is 407 g/mol. The van der Waals surface area contributed by atoms with Crippen molar-refractivity contribution < 1.29 is 27.4 Å². The van der Waals surface area contributed by atoms with Crippen molar-refractivity contribution in [2.75, 3.05) is 44.4 Å². The fourth-order valence-electron chi connectivity index (χ4n) is 3.19. The Morgan fingerprint density at radius 1 is 1.33 bits per heavy atom. The minimum atomic E-state index is -4.48. The summed E-state index contributed by atoms with van der Waals surface area (Å²) in [4.78, 5) is 18.0. The molecular weight excluding hydrogens is 387 g/mol. The number of amides is 1. The molecule has 2 aliphatic rings. The summed E-state index contributed by atoms with van der Waals surface area (Å²) in [6.07, 6.45) is -2.67. The van der Waals surface area contributed by atoms with Crippen LogP contribution in [0.4, 0.5) is 19.0 Å². The molecule has 1 aromatic rings. The molecule has 2 fully saturated rings. The minimum absolute atomic E-state index is 0.0397. The number of alkyl halides is 3. The van der Waals surface area contributed by atoms with E-state index in [1.54, 1.807) is 0 Å². The summed E-state index contributed by atoms with van der Waals surface area (Å²) in [6, 6.07) is 0.884. The Morgan fingerprint density at radius 3 is 2.67 bits per heavy atom. The summed E-state index contributed by atoms with van der Waals surface area (Å²) in [5.41, 5.74) is -0.876. The van der Waals surface area contributed by atoms with Crippen LogP contribution in [0.2, 0.25) is 5.02 Å². The molecule has 1 aromatic heterocycles. The molecule has 0 aliphatic carbocycles. The number of piperidine rings is 1. The molecule has 1 amide bonds. The number of halogens is 4. The summed E-state index contributed by atoms with van der Waals surface area (Å²) in [7, 11) is 0. The second-order valence-electron chi connectivity index (χ2n) is 6.60. The molecule has 0 bridgehead atoms. The van der Waals surface area contributed by atoms with E-state index in [1.165, 1.54) is 0 Å². The average Bonchev–Trinajstić information content (AvgIpc) is 2.66. The van der Waals surface area contributed by atoms with Gasteiger partial charge < -0.3 is 19.7 Å². The van der Waals surface area contributed by atoms with Gasteiger partial charge in [-0.3, -0.25) is 4.79 Å². The van der Waals surface area contributed by atoms with E-state index < -0.39 is 11.7 Å². The number of ether oxygens (including phenoxy) is 2. The number of nitrogens with zero attached hydrogens (tertiary/aromatic N) is 2. The Balaban J connectivity index is 1.50. The maximum Gasteiger partial charge on any atom is 0.417 e. The van der Waals surface area contributed by atoms with Gasteiger partial charge in [-0.2, -0.15) is 13.2 Å². The molecule has 150 valence electrons. The van der Waals surface area contributed by atoms with Crippen LogP contribution < -0.4 is 10.2 Å². The van der Waals surface area contributed by atoms with E-state index in [1.807, 2.05) is 4.90 Å². The third kappa shape index (κ3) is 5.24. The predicted octanol–water partition coefficient (Wildman–Crippen LogP) is 2.50. The van der Waals surface area contributed by atoms with Crippen LogP contribution in [0.15, 0.2) is 12.3 Å². The van der Waals surface area contributed by atoms with Gasteiger partial charge in [-0.15, -0.1) is 0 Å². The Morgan fingerprint density at radius 2 is 2.07 bits per heavy atom. The number of carbonyl (C=O) groups is 1. The van der Waals surface area contributed by atoms with E-state index in [0.29, 0.717) is 58.1 Å². The standard InChI is InChI=1S/C17H21ClF3N3O3/c18-14-7-12(17(19,20)21)8-22-15(14)24-3-1-11(2-4-24)16(25)23-9-13-10-26-5-6-27-13/h7-8,11,13H,1-6,9-10H2,(H,23,25)/t13-/m1/s1. The summed E-state index contributed by atoms with van der Waals surface area (Å²) in [5.74, 6) is 0.116. The van der Waals surface area contributed by atoms with Crippen molar-refractivity contribution in [1.29, 1.82) is 0 Å². The Bertz CT molecular complexity index is 661. The van der Waals surface area contributed by atoms with Gasteiger partial charge in [0.1, 0.15) is 5.82 Å². The van der Waals surface area contributed by atoms with E-state index >= 15 is 0 Å². The zero-order valence-electron chi connectivity index (χ0n) is 14.6. The van der Waals surface area contributed by atoms with E-state index in [2.05, 4.69) is 10.3 Å². The molecular formula is C17H21ClF3N3O3. The normalized spacial score (nSPS) is 21.9. The summed E-state index contributed by atoms with van der Waals surface area (Å²) in [6.45, 7) is 2.98. The van der Waals surface area contributed by atoms with E-state index in [-0.39, 0.29) is 23.0 Å². The van der Waals surface area contributed by atoms with Crippen molar-refractivity contribution in [1.82, 2.24) is 10.3 Å². The van der Waals surface area contributed by atoms with Crippen molar-refractivity contribution in [3.05, 3.63) is 22.8 Å². The number of carbonyl (C=O) groups excluding carboxylic acids is 1. The lowest BCUT2D eigenvalue weighted by molar-refractivity contribution is -0.137. The van der Waals surface area contributed by atoms with Gasteiger partial charge in [-0.1, -0.05) is 11.6 Å². The second kappa shape index (κ2) is 8.62. The molecule has 0 spiro atoms. The lowest BCUT2D eigenvalue weighted by atomic mass is 9.96. The van der Waals surface area contributed by atoms with Crippen LogP contribution in [-0.4, -0.2) is 56.5 Å². The van der Waals surface area contributed by atoms with Crippen molar-refractivity contribution >= 4 is 23.3 Å². The summed E-state index contributed by atoms with van der Waals surface area (Å²) >= 11 is 5.99. The Hall–Kier alpha value is -1.58. The lowest BCUT2D eigenvalue weighted by Gasteiger charge is -2.33. The maximum absolute atomic E-state index is 12.7. The third-order valence-corrected chi connectivity index (χ3v) is 4.98. The smallest absolute Gasteiger partial charge is 0.376 e.